The number of aromatic nitrogens is 2. The van der Waals surface area contributed by atoms with Gasteiger partial charge in [-0.3, -0.25) is 4.79 Å². The van der Waals surface area contributed by atoms with Gasteiger partial charge in [0.15, 0.2) is 0 Å². The molecule has 1 aromatic rings. The van der Waals surface area contributed by atoms with Gasteiger partial charge in [-0.15, -0.1) is 0 Å². The van der Waals surface area contributed by atoms with Crippen molar-refractivity contribution in [2.24, 2.45) is 0 Å². The Morgan fingerprint density at radius 3 is 2.77 bits per heavy atom. The molecular weight excluding hydrogens is 188 g/mol. The average molecular weight is 200 g/mol. The Balaban J connectivity index is 2.81. The van der Waals surface area contributed by atoms with Gasteiger partial charge in [0.25, 0.3) is 0 Å². The Labute approximate surface area is 80.8 Å². The minimum absolute atomic E-state index is 0.476. The van der Waals surface area contributed by atoms with E-state index in [1.807, 2.05) is 6.92 Å². The van der Waals surface area contributed by atoms with E-state index in [0.29, 0.717) is 17.3 Å². The number of carboxylic acid groups (broad SMARTS) is 1. The summed E-state index contributed by atoms with van der Waals surface area (Å²) in [5.74, 6) is -0.628. The van der Waals surface area contributed by atoms with Gasteiger partial charge in [0.2, 0.25) is 0 Å². The molecule has 1 heterocycles. The molecule has 0 aliphatic rings. The van der Waals surface area contributed by atoms with Crippen molar-refractivity contribution in [3.63, 3.8) is 0 Å². The fraction of sp³-hybridized carbons (Fsp3) is 0.625. The Kier molecular flexibility index (Phi) is 3.36. The van der Waals surface area contributed by atoms with Gasteiger partial charge in [0.1, 0.15) is 16.7 Å². The van der Waals surface area contributed by atoms with E-state index in [1.54, 1.807) is 6.92 Å². The Morgan fingerprint density at radius 2 is 2.38 bits per heavy atom. The van der Waals surface area contributed by atoms with Gasteiger partial charge in [0.05, 0.1) is 0 Å². The van der Waals surface area contributed by atoms with Crippen LogP contribution in [0.3, 0.4) is 0 Å². The summed E-state index contributed by atoms with van der Waals surface area (Å²) in [5, 5.41) is 9.52. The lowest BCUT2D eigenvalue weighted by Gasteiger charge is -2.05. The summed E-state index contributed by atoms with van der Waals surface area (Å²) in [6.07, 6.45) is 1.47. The van der Waals surface area contributed by atoms with Crippen LogP contribution in [0.2, 0.25) is 0 Å². The SMILES string of the molecule is CCCC(C(=O)O)c1nc(C)ns1. The summed E-state index contributed by atoms with van der Waals surface area (Å²) < 4.78 is 3.97. The van der Waals surface area contributed by atoms with Crippen LogP contribution in [0.25, 0.3) is 0 Å². The number of hydrogen-bond donors (Lipinski definition) is 1. The van der Waals surface area contributed by atoms with Crippen LogP contribution >= 0.6 is 11.5 Å². The standard InChI is InChI=1S/C8H12N2O2S/c1-3-4-6(8(11)12)7-9-5(2)10-13-7/h6H,3-4H2,1-2H3,(H,11,12). The second kappa shape index (κ2) is 4.32. The van der Waals surface area contributed by atoms with E-state index in [1.165, 1.54) is 11.5 Å². The zero-order valence-electron chi connectivity index (χ0n) is 7.65. The highest BCUT2D eigenvalue weighted by atomic mass is 32.1. The predicted octanol–water partition coefficient (Wildman–Crippen LogP) is 1.81. The van der Waals surface area contributed by atoms with Crippen LogP contribution in [-0.4, -0.2) is 20.4 Å². The first-order chi connectivity index (χ1) is 6.15. The third kappa shape index (κ3) is 2.48. The van der Waals surface area contributed by atoms with Crippen molar-refractivity contribution >= 4 is 17.5 Å². The Hall–Kier alpha value is -0.970. The van der Waals surface area contributed by atoms with Crippen molar-refractivity contribution < 1.29 is 9.90 Å². The van der Waals surface area contributed by atoms with Crippen molar-refractivity contribution in [3.05, 3.63) is 10.8 Å². The van der Waals surface area contributed by atoms with Crippen LogP contribution < -0.4 is 0 Å². The lowest BCUT2D eigenvalue weighted by atomic mass is 10.1. The number of aliphatic carboxylic acids is 1. The Bertz CT molecular complexity index is 298. The van der Waals surface area contributed by atoms with Crippen LogP contribution in [0.5, 0.6) is 0 Å². The van der Waals surface area contributed by atoms with Crippen molar-refractivity contribution in [1.29, 1.82) is 0 Å². The van der Waals surface area contributed by atoms with E-state index in [2.05, 4.69) is 9.36 Å². The molecule has 1 aromatic heterocycles. The zero-order chi connectivity index (χ0) is 9.84. The molecular formula is C8H12N2O2S. The number of rotatable bonds is 4. The minimum atomic E-state index is -0.807. The van der Waals surface area contributed by atoms with E-state index in [9.17, 15) is 4.79 Å². The number of aryl methyl sites for hydroxylation is 1. The first-order valence-electron chi connectivity index (χ1n) is 4.18. The van der Waals surface area contributed by atoms with Gasteiger partial charge in [-0.1, -0.05) is 13.3 Å². The fourth-order valence-corrected chi connectivity index (χ4v) is 1.88. The quantitative estimate of drug-likeness (QED) is 0.805. The first kappa shape index (κ1) is 10.1. The summed E-state index contributed by atoms with van der Waals surface area (Å²) >= 11 is 1.18. The van der Waals surface area contributed by atoms with E-state index in [-0.39, 0.29) is 0 Å². The molecule has 13 heavy (non-hydrogen) atoms. The van der Waals surface area contributed by atoms with Crippen molar-refractivity contribution in [3.8, 4) is 0 Å². The molecule has 1 N–H and O–H groups in total. The lowest BCUT2D eigenvalue weighted by Crippen LogP contribution is -2.10. The summed E-state index contributed by atoms with van der Waals surface area (Å²) in [6.45, 7) is 3.73. The number of hydrogen-bond acceptors (Lipinski definition) is 4. The van der Waals surface area contributed by atoms with Crippen LogP contribution in [0, 0.1) is 6.92 Å². The van der Waals surface area contributed by atoms with E-state index in [4.69, 9.17) is 5.11 Å². The smallest absolute Gasteiger partial charge is 0.313 e. The second-order valence-electron chi connectivity index (χ2n) is 2.86. The van der Waals surface area contributed by atoms with Gasteiger partial charge in [0, 0.05) is 0 Å². The predicted molar refractivity (Wildman–Crippen MR) is 49.9 cm³/mol. The first-order valence-corrected chi connectivity index (χ1v) is 4.95. The molecule has 0 bridgehead atoms. The van der Waals surface area contributed by atoms with Gasteiger partial charge >= 0.3 is 5.97 Å². The maximum atomic E-state index is 10.8. The largest absolute Gasteiger partial charge is 0.481 e. The van der Waals surface area contributed by atoms with Crippen LogP contribution in [0.15, 0.2) is 0 Å². The topological polar surface area (TPSA) is 63.1 Å². The second-order valence-corrected chi connectivity index (χ2v) is 3.64. The maximum absolute atomic E-state index is 10.8. The molecule has 0 spiro atoms. The summed E-state index contributed by atoms with van der Waals surface area (Å²) in [5.41, 5.74) is 0. The van der Waals surface area contributed by atoms with E-state index < -0.39 is 11.9 Å². The third-order valence-electron chi connectivity index (χ3n) is 1.72. The number of carboxylic acids is 1. The highest BCUT2D eigenvalue weighted by molar-refractivity contribution is 7.05. The highest BCUT2D eigenvalue weighted by Gasteiger charge is 2.22. The molecule has 1 atom stereocenters. The molecule has 0 radical (unpaired) electrons. The van der Waals surface area contributed by atoms with Crippen LogP contribution in [0.1, 0.15) is 36.5 Å². The van der Waals surface area contributed by atoms with Crippen molar-refractivity contribution in [1.82, 2.24) is 9.36 Å². The van der Waals surface area contributed by atoms with Gasteiger partial charge in [-0.2, -0.15) is 4.37 Å². The summed E-state index contributed by atoms with van der Waals surface area (Å²) in [7, 11) is 0. The molecule has 5 heteroatoms. The molecule has 0 aliphatic carbocycles. The molecule has 1 rings (SSSR count). The number of carbonyl (C=O) groups is 1. The molecule has 1 unspecified atom stereocenters. The summed E-state index contributed by atoms with van der Waals surface area (Å²) in [6, 6.07) is 0. The van der Waals surface area contributed by atoms with Gasteiger partial charge < -0.3 is 5.11 Å². The van der Waals surface area contributed by atoms with Gasteiger partial charge in [-0.25, -0.2) is 4.98 Å². The van der Waals surface area contributed by atoms with Crippen LogP contribution in [0.4, 0.5) is 0 Å². The number of nitrogens with zero attached hydrogens (tertiary/aromatic N) is 2. The third-order valence-corrected chi connectivity index (χ3v) is 2.64. The molecule has 0 aromatic carbocycles. The monoisotopic (exact) mass is 200 g/mol. The molecule has 4 nitrogen and oxygen atoms in total. The minimum Gasteiger partial charge on any atom is -0.481 e. The fourth-order valence-electron chi connectivity index (χ4n) is 1.10. The molecule has 0 aliphatic heterocycles. The van der Waals surface area contributed by atoms with Crippen LogP contribution in [-0.2, 0) is 4.79 Å². The van der Waals surface area contributed by atoms with Crippen molar-refractivity contribution in [2.45, 2.75) is 32.6 Å². The van der Waals surface area contributed by atoms with E-state index in [0.717, 1.165) is 6.42 Å². The zero-order valence-corrected chi connectivity index (χ0v) is 8.47. The lowest BCUT2D eigenvalue weighted by molar-refractivity contribution is -0.139. The highest BCUT2D eigenvalue weighted by Crippen LogP contribution is 2.22. The molecule has 0 saturated carbocycles. The molecule has 0 saturated heterocycles. The molecule has 0 fully saturated rings. The Morgan fingerprint density at radius 1 is 1.69 bits per heavy atom. The molecule has 72 valence electrons. The van der Waals surface area contributed by atoms with E-state index >= 15 is 0 Å². The van der Waals surface area contributed by atoms with Crippen molar-refractivity contribution in [2.75, 3.05) is 0 Å². The average Bonchev–Trinajstić information content (AvgIpc) is 2.46. The normalized spacial score (nSPS) is 12.8. The summed E-state index contributed by atoms with van der Waals surface area (Å²) in [4.78, 5) is 14.9. The molecule has 0 amide bonds. The maximum Gasteiger partial charge on any atom is 0.313 e. The van der Waals surface area contributed by atoms with Gasteiger partial charge in [-0.05, 0) is 24.9 Å².